The van der Waals surface area contributed by atoms with Gasteiger partial charge in [-0.25, -0.2) is 14.5 Å². The highest BCUT2D eigenvalue weighted by molar-refractivity contribution is 5.73. The molecule has 2 rings (SSSR count). The third-order valence-electron chi connectivity index (χ3n) is 1.72. The van der Waals surface area contributed by atoms with E-state index in [1.807, 2.05) is 6.19 Å². The number of hydrogen-bond acceptors (Lipinski definition) is 4. The average molecular weight is 174 g/mol. The van der Waals surface area contributed by atoms with Gasteiger partial charge in [0.1, 0.15) is 17.6 Å². The molecule has 2 aromatic heterocycles. The Morgan fingerprint density at radius 1 is 1.54 bits per heavy atom. The van der Waals surface area contributed by atoms with Gasteiger partial charge in [0, 0.05) is 6.07 Å². The number of fused-ring (bicyclic) bond motifs is 1. The Hall–Kier alpha value is -2.09. The topological polar surface area (TPSA) is 63.7 Å². The summed E-state index contributed by atoms with van der Waals surface area (Å²) in [4.78, 5) is 7.95. The van der Waals surface area contributed by atoms with Crippen LogP contribution in [0.1, 0.15) is 0 Å². The quantitative estimate of drug-likeness (QED) is 0.640. The SMILES string of the molecule is COc1cnc2ncn(C#N)c2c1. The maximum absolute atomic E-state index is 8.69. The van der Waals surface area contributed by atoms with Crippen molar-refractivity contribution in [1.82, 2.24) is 14.5 Å². The number of ether oxygens (including phenoxy) is 1. The number of nitrogens with zero attached hydrogens (tertiary/aromatic N) is 4. The van der Waals surface area contributed by atoms with Crippen LogP contribution in [0.3, 0.4) is 0 Å². The van der Waals surface area contributed by atoms with Crippen LogP contribution in [-0.4, -0.2) is 21.6 Å². The zero-order valence-electron chi connectivity index (χ0n) is 6.93. The number of pyridine rings is 1. The number of hydrogen-bond donors (Lipinski definition) is 0. The Labute approximate surface area is 74.2 Å². The molecule has 0 aromatic carbocycles. The predicted molar refractivity (Wildman–Crippen MR) is 45.1 cm³/mol. The molecular weight excluding hydrogens is 168 g/mol. The second kappa shape index (κ2) is 2.75. The second-order valence-corrected chi connectivity index (χ2v) is 2.43. The van der Waals surface area contributed by atoms with Gasteiger partial charge in [-0.05, 0) is 0 Å². The Balaban J connectivity index is 2.73. The maximum Gasteiger partial charge on any atom is 0.190 e. The van der Waals surface area contributed by atoms with E-state index >= 15 is 0 Å². The Morgan fingerprint density at radius 2 is 2.38 bits per heavy atom. The third-order valence-corrected chi connectivity index (χ3v) is 1.72. The van der Waals surface area contributed by atoms with Crippen molar-refractivity contribution in [2.45, 2.75) is 0 Å². The van der Waals surface area contributed by atoms with Crippen LogP contribution in [-0.2, 0) is 0 Å². The van der Waals surface area contributed by atoms with Gasteiger partial charge in [0.15, 0.2) is 11.8 Å². The molecule has 0 saturated heterocycles. The molecule has 2 aromatic rings. The highest BCUT2D eigenvalue weighted by Gasteiger charge is 2.03. The number of rotatable bonds is 1. The average Bonchev–Trinajstić information content (AvgIpc) is 2.59. The Kier molecular flexibility index (Phi) is 1.60. The molecule has 0 unspecified atom stereocenters. The second-order valence-electron chi connectivity index (χ2n) is 2.43. The molecule has 64 valence electrons. The van der Waals surface area contributed by atoms with Gasteiger partial charge >= 0.3 is 0 Å². The highest BCUT2D eigenvalue weighted by atomic mass is 16.5. The van der Waals surface area contributed by atoms with Gasteiger partial charge in [-0.2, -0.15) is 5.26 Å². The highest BCUT2D eigenvalue weighted by Crippen LogP contribution is 2.15. The first-order valence-corrected chi connectivity index (χ1v) is 3.62. The molecule has 0 fully saturated rings. The monoisotopic (exact) mass is 174 g/mol. The van der Waals surface area contributed by atoms with Crippen LogP contribution >= 0.6 is 0 Å². The lowest BCUT2D eigenvalue weighted by Crippen LogP contribution is -1.88. The summed E-state index contributed by atoms with van der Waals surface area (Å²) in [7, 11) is 1.55. The fourth-order valence-electron chi connectivity index (χ4n) is 1.07. The lowest BCUT2D eigenvalue weighted by Gasteiger charge is -1.97. The molecule has 0 radical (unpaired) electrons. The van der Waals surface area contributed by atoms with Gasteiger partial charge in [0.25, 0.3) is 0 Å². The zero-order chi connectivity index (χ0) is 9.26. The van der Waals surface area contributed by atoms with Gasteiger partial charge < -0.3 is 4.74 Å². The maximum atomic E-state index is 8.69. The van der Waals surface area contributed by atoms with E-state index in [2.05, 4.69) is 9.97 Å². The zero-order valence-corrected chi connectivity index (χ0v) is 6.93. The number of methoxy groups -OCH3 is 1. The fraction of sp³-hybridized carbons (Fsp3) is 0.125. The lowest BCUT2D eigenvalue weighted by atomic mass is 10.4. The molecule has 0 aliphatic carbocycles. The summed E-state index contributed by atoms with van der Waals surface area (Å²) in [5.74, 6) is 0.615. The molecule has 0 saturated carbocycles. The molecule has 0 amide bonds. The van der Waals surface area contributed by atoms with E-state index in [9.17, 15) is 0 Å². The summed E-state index contributed by atoms with van der Waals surface area (Å²) in [6.45, 7) is 0. The standard InChI is InChI=1S/C8H6N4O/c1-13-6-2-7-8(10-3-6)11-5-12(7)4-9/h2-3,5H,1H3. The fourth-order valence-corrected chi connectivity index (χ4v) is 1.07. The Bertz CT molecular complexity index is 482. The van der Waals surface area contributed by atoms with E-state index in [1.165, 1.54) is 10.9 Å². The minimum absolute atomic E-state index is 0.544. The number of nitriles is 1. The van der Waals surface area contributed by atoms with Gasteiger partial charge in [0.05, 0.1) is 13.3 Å². The van der Waals surface area contributed by atoms with Crippen LogP contribution in [0.2, 0.25) is 0 Å². The first kappa shape index (κ1) is 7.55. The van der Waals surface area contributed by atoms with Gasteiger partial charge in [-0.3, -0.25) is 0 Å². The summed E-state index contributed by atoms with van der Waals surface area (Å²) in [5.41, 5.74) is 1.20. The van der Waals surface area contributed by atoms with E-state index in [-0.39, 0.29) is 0 Å². The van der Waals surface area contributed by atoms with Gasteiger partial charge in [0.2, 0.25) is 0 Å². The first-order chi connectivity index (χ1) is 6.35. The van der Waals surface area contributed by atoms with Crippen LogP contribution in [0, 0.1) is 11.5 Å². The molecule has 13 heavy (non-hydrogen) atoms. The van der Waals surface area contributed by atoms with Crippen LogP contribution in [0.5, 0.6) is 5.75 Å². The van der Waals surface area contributed by atoms with Crippen molar-refractivity contribution in [2.75, 3.05) is 7.11 Å². The first-order valence-electron chi connectivity index (χ1n) is 3.62. The molecule has 0 aliphatic heterocycles. The largest absolute Gasteiger partial charge is 0.495 e. The van der Waals surface area contributed by atoms with Crippen molar-refractivity contribution in [1.29, 1.82) is 5.26 Å². The minimum Gasteiger partial charge on any atom is -0.495 e. The number of imidazole rings is 1. The van der Waals surface area contributed by atoms with Crippen molar-refractivity contribution in [3.63, 3.8) is 0 Å². The summed E-state index contributed by atoms with van der Waals surface area (Å²) in [6, 6.07) is 1.72. The smallest absolute Gasteiger partial charge is 0.190 e. The molecule has 0 aliphatic rings. The van der Waals surface area contributed by atoms with Crippen LogP contribution in [0.15, 0.2) is 18.6 Å². The molecule has 0 N–H and O–H groups in total. The van der Waals surface area contributed by atoms with E-state index in [0.29, 0.717) is 16.9 Å². The van der Waals surface area contributed by atoms with Crippen molar-refractivity contribution in [3.8, 4) is 11.9 Å². The lowest BCUT2D eigenvalue weighted by molar-refractivity contribution is 0.413. The van der Waals surface area contributed by atoms with Crippen molar-refractivity contribution in [3.05, 3.63) is 18.6 Å². The van der Waals surface area contributed by atoms with Gasteiger partial charge in [-0.15, -0.1) is 0 Å². The van der Waals surface area contributed by atoms with Gasteiger partial charge in [-0.1, -0.05) is 0 Å². The molecule has 0 bridgehead atoms. The van der Waals surface area contributed by atoms with Crippen molar-refractivity contribution < 1.29 is 4.74 Å². The summed E-state index contributed by atoms with van der Waals surface area (Å²) < 4.78 is 6.32. The molecule has 0 atom stereocenters. The van der Waals surface area contributed by atoms with E-state index in [0.717, 1.165) is 0 Å². The molecule has 5 nitrogen and oxygen atoms in total. The molecule has 5 heteroatoms. The van der Waals surface area contributed by atoms with Crippen LogP contribution < -0.4 is 4.74 Å². The van der Waals surface area contributed by atoms with E-state index in [1.54, 1.807) is 19.4 Å². The van der Waals surface area contributed by atoms with Crippen LogP contribution in [0.4, 0.5) is 0 Å². The minimum atomic E-state index is 0.544. The number of aromatic nitrogens is 3. The van der Waals surface area contributed by atoms with Crippen molar-refractivity contribution in [2.24, 2.45) is 0 Å². The summed E-state index contributed by atoms with van der Waals surface area (Å²) in [6.07, 6.45) is 4.95. The predicted octanol–water partition coefficient (Wildman–Crippen LogP) is 0.769. The van der Waals surface area contributed by atoms with Crippen molar-refractivity contribution >= 4 is 11.2 Å². The van der Waals surface area contributed by atoms with E-state index in [4.69, 9.17) is 10.00 Å². The Morgan fingerprint density at radius 3 is 3.08 bits per heavy atom. The molecule has 0 spiro atoms. The normalized spacial score (nSPS) is 9.85. The summed E-state index contributed by atoms with van der Waals surface area (Å²) in [5, 5.41) is 8.69. The van der Waals surface area contributed by atoms with E-state index < -0.39 is 0 Å². The third kappa shape index (κ3) is 1.08. The summed E-state index contributed by atoms with van der Waals surface area (Å²) >= 11 is 0. The van der Waals surface area contributed by atoms with Crippen LogP contribution in [0.25, 0.3) is 11.2 Å². The molecule has 2 heterocycles. The molecular formula is C8H6N4O.